The van der Waals surface area contributed by atoms with Gasteiger partial charge in [-0.25, -0.2) is 13.1 Å². The van der Waals surface area contributed by atoms with Gasteiger partial charge >= 0.3 is 0 Å². The van der Waals surface area contributed by atoms with Gasteiger partial charge in [0.05, 0.1) is 4.90 Å². The van der Waals surface area contributed by atoms with Crippen LogP contribution in [0.2, 0.25) is 0 Å². The fraction of sp³-hybridized carbons (Fsp3) is 0.571. The van der Waals surface area contributed by atoms with E-state index in [1.165, 1.54) is 6.42 Å². The molecule has 0 radical (unpaired) electrons. The lowest BCUT2D eigenvalue weighted by atomic mass is 9.96. The first-order valence-electron chi connectivity index (χ1n) is 6.87. The second-order valence-electron chi connectivity index (χ2n) is 5.32. The molecule has 4 nitrogen and oxygen atoms in total. The lowest BCUT2D eigenvalue weighted by Gasteiger charge is -2.22. The average Bonchev–Trinajstić information content (AvgIpc) is 2.39. The summed E-state index contributed by atoms with van der Waals surface area (Å²) in [5.74, 6) is 0. The van der Waals surface area contributed by atoms with Crippen LogP contribution >= 0.6 is 0 Å². The van der Waals surface area contributed by atoms with Crippen LogP contribution in [0.1, 0.15) is 50.6 Å². The molecule has 3 N–H and O–H groups in total. The second kappa shape index (κ2) is 6.03. The Balaban J connectivity index is 2.16. The summed E-state index contributed by atoms with van der Waals surface area (Å²) in [4.78, 5) is 0.313. The predicted molar refractivity (Wildman–Crippen MR) is 76.2 cm³/mol. The van der Waals surface area contributed by atoms with Crippen LogP contribution in [0.5, 0.6) is 0 Å². The van der Waals surface area contributed by atoms with E-state index in [4.69, 9.17) is 5.73 Å². The molecule has 1 aliphatic carbocycles. The molecule has 0 aromatic heterocycles. The van der Waals surface area contributed by atoms with Crippen LogP contribution in [0.15, 0.2) is 29.2 Å². The molecular weight excluding hydrogens is 260 g/mol. The molecule has 1 saturated carbocycles. The van der Waals surface area contributed by atoms with Crippen LogP contribution in [-0.2, 0) is 10.0 Å². The van der Waals surface area contributed by atoms with Gasteiger partial charge in [0, 0.05) is 12.1 Å². The van der Waals surface area contributed by atoms with Crippen LogP contribution < -0.4 is 10.5 Å². The third-order valence-corrected chi connectivity index (χ3v) is 5.14. The molecule has 106 valence electrons. The fourth-order valence-electron chi connectivity index (χ4n) is 2.47. The molecule has 5 heteroatoms. The topological polar surface area (TPSA) is 72.2 Å². The van der Waals surface area contributed by atoms with E-state index in [1.54, 1.807) is 18.2 Å². The molecule has 0 aliphatic heterocycles. The van der Waals surface area contributed by atoms with Crippen molar-refractivity contribution in [2.75, 3.05) is 0 Å². The van der Waals surface area contributed by atoms with E-state index in [0.29, 0.717) is 4.90 Å². The molecule has 1 atom stereocenters. The van der Waals surface area contributed by atoms with Crippen molar-refractivity contribution in [2.45, 2.75) is 56.0 Å². The normalized spacial score (nSPS) is 19.3. The van der Waals surface area contributed by atoms with Crippen molar-refractivity contribution in [3.63, 3.8) is 0 Å². The van der Waals surface area contributed by atoms with Crippen molar-refractivity contribution in [1.29, 1.82) is 0 Å². The van der Waals surface area contributed by atoms with Gasteiger partial charge in [0.15, 0.2) is 0 Å². The van der Waals surface area contributed by atoms with Crippen LogP contribution in [-0.4, -0.2) is 14.5 Å². The standard InChI is InChI=1S/C14H22N2O2S/c1-11(15)12-6-5-9-14(10-12)19(17,18)16-13-7-3-2-4-8-13/h5-6,9-11,13,16H,2-4,7-8,15H2,1H3. The number of hydrogen-bond donors (Lipinski definition) is 2. The molecule has 0 saturated heterocycles. The lowest BCUT2D eigenvalue weighted by molar-refractivity contribution is 0.412. The molecule has 19 heavy (non-hydrogen) atoms. The highest BCUT2D eigenvalue weighted by molar-refractivity contribution is 7.89. The number of nitrogens with one attached hydrogen (secondary N) is 1. The third-order valence-electron chi connectivity index (χ3n) is 3.62. The molecule has 0 spiro atoms. The maximum atomic E-state index is 12.3. The Hall–Kier alpha value is -0.910. The van der Waals surface area contributed by atoms with Crippen molar-refractivity contribution in [1.82, 2.24) is 4.72 Å². The Morgan fingerprint density at radius 3 is 2.58 bits per heavy atom. The summed E-state index contributed by atoms with van der Waals surface area (Å²) in [6, 6.07) is 6.80. The minimum Gasteiger partial charge on any atom is -0.324 e. The number of nitrogens with two attached hydrogens (primary N) is 1. The summed E-state index contributed by atoms with van der Waals surface area (Å²) in [5.41, 5.74) is 6.63. The van der Waals surface area contributed by atoms with Gasteiger partial charge in [-0.05, 0) is 37.5 Å². The zero-order valence-corrected chi connectivity index (χ0v) is 12.1. The largest absolute Gasteiger partial charge is 0.324 e. The first kappa shape index (κ1) is 14.5. The Bertz CT molecular complexity index is 520. The van der Waals surface area contributed by atoms with Gasteiger partial charge < -0.3 is 5.73 Å². The molecule has 0 amide bonds. The number of benzene rings is 1. The number of sulfonamides is 1. The predicted octanol–water partition coefficient (Wildman–Crippen LogP) is 2.32. The highest BCUT2D eigenvalue weighted by Crippen LogP contribution is 2.21. The van der Waals surface area contributed by atoms with Crippen molar-refractivity contribution in [3.05, 3.63) is 29.8 Å². The highest BCUT2D eigenvalue weighted by Gasteiger charge is 2.22. The van der Waals surface area contributed by atoms with E-state index in [2.05, 4.69) is 4.72 Å². The van der Waals surface area contributed by atoms with Crippen LogP contribution in [0.4, 0.5) is 0 Å². The van der Waals surface area contributed by atoms with Gasteiger partial charge in [-0.2, -0.15) is 0 Å². The van der Waals surface area contributed by atoms with Crippen molar-refractivity contribution < 1.29 is 8.42 Å². The van der Waals surface area contributed by atoms with Crippen molar-refractivity contribution in [2.24, 2.45) is 5.73 Å². The maximum Gasteiger partial charge on any atom is 0.240 e. The van der Waals surface area contributed by atoms with E-state index in [9.17, 15) is 8.42 Å². The summed E-state index contributed by atoms with van der Waals surface area (Å²) in [5, 5.41) is 0. The number of rotatable bonds is 4. The quantitative estimate of drug-likeness (QED) is 0.890. The maximum absolute atomic E-state index is 12.3. The van der Waals surface area contributed by atoms with E-state index in [-0.39, 0.29) is 12.1 Å². The van der Waals surface area contributed by atoms with Gasteiger partial charge in [0.1, 0.15) is 0 Å². The fourth-order valence-corrected chi connectivity index (χ4v) is 3.83. The lowest BCUT2D eigenvalue weighted by Crippen LogP contribution is -2.36. The highest BCUT2D eigenvalue weighted by atomic mass is 32.2. The Kier molecular flexibility index (Phi) is 4.60. The smallest absolute Gasteiger partial charge is 0.240 e. The summed E-state index contributed by atoms with van der Waals surface area (Å²) in [6.45, 7) is 1.85. The van der Waals surface area contributed by atoms with Gasteiger partial charge in [-0.3, -0.25) is 0 Å². The second-order valence-corrected chi connectivity index (χ2v) is 7.03. The molecule has 1 aromatic rings. The van der Waals surface area contributed by atoms with Crippen molar-refractivity contribution >= 4 is 10.0 Å². The van der Waals surface area contributed by atoms with Gasteiger partial charge in [0.25, 0.3) is 0 Å². The third kappa shape index (κ3) is 3.78. The monoisotopic (exact) mass is 282 g/mol. The SMILES string of the molecule is CC(N)c1cccc(S(=O)(=O)NC2CCCCC2)c1. The molecular formula is C14H22N2O2S. The molecule has 1 aliphatic rings. The van der Waals surface area contributed by atoms with Gasteiger partial charge in [0.2, 0.25) is 10.0 Å². The first-order chi connectivity index (χ1) is 8.99. The number of hydrogen-bond acceptors (Lipinski definition) is 3. The summed E-state index contributed by atoms with van der Waals surface area (Å²) in [6.07, 6.45) is 5.29. The molecule has 0 heterocycles. The van der Waals surface area contributed by atoms with E-state index in [0.717, 1.165) is 31.2 Å². The van der Waals surface area contributed by atoms with Crippen molar-refractivity contribution in [3.8, 4) is 0 Å². The molecule has 1 aromatic carbocycles. The van der Waals surface area contributed by atoms with E-state index >= 15 is 0 Å². The Morgan fingerprint density at radius 2 is 1.95 bits per heavy atom. The first-order valence-corrected chi connectivity index (χ1v) is 8.35. The minimum absolute atomic E-state index is 0.0812. The Morgan fingerprint density at radius 1 is 1.26 bits per heavy atom. The van der Waals surface area contributed by atoms with Gasteiger partial charge in [-0.15, -0.1) is 0 Å². The summed E-state index contributed by atoms with van der Waals surface area (Å²) < 4.78 is 27.5. The van der Waals surface area contributed by atoms with E-state index < -0.39 is 10.0 Å². The van der Waals surface area contributed by atoms with Crippen LogP contribution in [0.3, 0.4) is 0 Å². The van der Waals surface area contributed by atoms with E-state index in [1.807, 2.05) is 13.0 Å². The Labute approximate surface area is 115 Å². The zero-order chi connectivity index (χ0) is 13.9. The summed E-state index contributed by atoms with van der Waals surface area (Å²) in [7, 11) is -3.42. The molecule has 0 bridgehead atoms. The average molecular weight is 282 g/mol. The molecule has 1 unspecified atom stereocenters. The molecule has 2 rings (SSSR count). The minimum atomic E-state index is -3.42. The zero-order valence-electron chi connectivity index (χ0n) is 11.3. The van der Waals surface area contributed by atoms with Crippen LogP contribution in [0.25, 0.3) is 0 Å². The van der Waals surface area contributed by atoms with Gasteiger partial charge in [-0.1, -0.05) is 31.4 Å². The summed E-state index contributed by atoms with van der Waals surface area (Å²) >= 11 is 0. The van der Waals surface area contributed by atoms with Crippen LogP contribution in [0, 0.1) is 0 Å². The molecule has 1 fully saturated rings.